The maximum atomic E-state index is 12.7. The van der Waals surface area contributed by atoms with Gasteiger partial charge in [0.15, 0.2) is 0 Å². The molecule has 1 spiro atoms. The van der Waals surface area contributed by atoms with Gasteiger partial charge in [-0.15, -0.1) is 0 Å². The molecule has 0 aromatic heterocycles. The zero-order valence-corrected chi connectivity index (χ0v) is 13.7. The summed E-state index contributed by atoms with van der Waals surface area (Å²) in [6.45, 7) is 3.70. The van der Waals surface area contributed by atoms with Gasteiger partial charge < -0.3 is 16.0 Å². The highest BCUT2D eigenvalue weighted by atomic mass is 16.2. The van der Waals surface area contributed by atoms with Crippen LogP contribution < -0.4 is 16.0 Å². The first-order valence-corrected chi connectivity index (χ1v) is 8.64. The van der Waals surface area contributed by atoms with Crippen molar-refractivity contribution >= 4 is 17.8 Å². The number of hydrogen-bond acceptors (Lipinski definition) is 4. The Labute approximate surface area is 136 Å². The SMILES string of the molecule is CC1CCC2(CC1)NC(=O)N(CC(=O)N[C@H]1CCCNC1)C2=O. The summed E-state index contributed by atoms with van der Waals surface area (Å²) in [5.41, 5.74) is -0.768. The molecule has 1 atom stereocenters. The number of hydrogen-bond donors (Lipinski definition) is 3. The van der Waals surface area contributed by atoms with Crippen LogP contribution >= 0.6 is 0 Å². The van der Waals surface area contributed by atoms with Crippen LogP contribution in [0.2, 0.25) is 0 Å². The molecule has 3 aliphatic rings. The van der Waals surface area contributed by atoms with Gasteiger partial charge in [-0.3, -0.25) is 14.5 Å². The largest absolute Gasteiger partial charge is 0.351 e. The van der Waals surface area contributed by atoms with Gasteiger partial charge in [0.2, 0.25) is 5.91 Å². The molecule has 3 N–H and O–H groups in total. The van der Waals surface area contributed by atoms with Gasteiger partial charge in [0.05, 0.1) is 0 Å². The zero-order chi connectivity index (χ0) is 16.4. The van der Waals surface area contributed by atoms with E-state index in [0.29, 0.717) is 18.8 Å². The number of imide groups is 1. The fraction of sp³-hybridized carbons (Fsp3) is 0.812. The second-order valence-electron chi connectivity index (χ2n) is 7.20. The first-order valence-electron chi connectivity index (χ1n) is 8.64. The van der Waals surface area contributed by atoms with Crippen LogP contribution in [0.4, 0.5) is 4.79 Å². The topological polar surface area (TPSA) is 90.5 Å². The summed E-state index contributed by atoms with van der Waals surface area (Å²) in [6.07, 6.45) is 5.16. The number of carbonyl (C=O) groups excluding carboxylic acids is 3. The molecule has 2 heterocycles. The van der Waals surface area contributed by atoms with Gasteiger partial charge in [-0.05, 0) is 51.0 Å². The molecule has 0 radical (unpaired) electrons. The molecular weight excluding hydrogens is 296 g/mol. The van der Waals surface area contributed by atoms with Crippen molar-refractivity contribution in [1.82, 2.24) is 20.9 Å². The van der Waals surface area contributed by atoms with Crippen LogP contribution in [0.5, 0.6) is 0 Å². The molecule has 2 saturated heterocycles. The average Bonchev–Trinajstić information content (AvgIpc) is 2.76. The van der Waals surface area contributed by atoms with Gasteiger partial charge in [0.25, 0.3) is 5.91 Å². The van der Waals surface area contributed by atoms with Crippen LogP contribution in [0.1, 0.15) is 45.4 Å². The Kier molecular flexibility index (Phi) is 4.57. The van der Waals surface area contributed by atoms with Gasteiger partial charge in [0, 0.05) is 12.6 Å². The first kappa shape index (κ1) is 16.2. The van der Waals surface area contributed by atoms with Crippen molar-refractivity contribution in [1.29, 1.82) is 0 Å². The maximum Gasteiger partial charge on any atom is 0.325 e. The van der Waals surface area contributed by atoms with Gasteiger partial charge in [-0.2, -0.15) is 0 Å². The van der Waals surface area contributed by atoms with E-state index >= 15 is 0 Å². The van der Waals surface area contributed by atoms with Gasteiger partial charge in [0.1, 0.15) is 12.1 Å². The number of amides is 4. The fourth-order valence-corrected chi connectivity index (χ4v) is 3.81. The smallest absolute Gasteiger partial charge is 0.325 e. The van der Waals surface area contributed by atoms with Crippen molar-refractivity contribution in [2.45, 2.75) is 57.0 Å². The second kappa shape index (κ2) is 6.47. The van der Waals surface area contributed by atoms with Crippen molar-refractivity contribution in [3.63, 3.8) is 0 Å². The Morgan fingerprint density at radius 1 is 1.30 bits per heavy atom. The van der Waals surface area contributed by atoms with Gasteiger partial charge >= 0.3 is 6.03 Å². The molecular formula is C16H26N4O3. The summed E-state index contributed by atoms with van der Waals surface area (Å²) in [5.74, 6) is 0.0937. The monoisotopic (exact) mass is 322 g/mol. The zero-order valence-electron chi connectivity index (χ0n) is 13.7. The minimum atomic E-state index is -0.768. The molecule has 1 saturated carbocycles. The van der Waals surface area contributed by atoms with E-state index in [1.807, 2.05) is 0 Å². The second-order valence-corrected chi connectivity index (χ2v) is 7.20. The van der Waals surface area contributed by atoms with Crippen LogP contribution in [0.15, 0.2) is 0 Å². The molecule has 7 nitrogen and oxygen atoms in total. The Morgan fingerprint density at radius 2 is 2.04 bits per heavy atom. The molecule has 2 aliphatic heterocycles. The highest BCUT2D eigenvalue weighted by Gasteiger charge is 2.52. The summed E-state index contributed by atoms with van der Waals surface area (Å²) < 4.78 is 0. The summed E-state index contributed by atoms with van der Waals surface area (Å²) in [7, 11) is 0. The molecule has 0 aromatic carbocycles. The van der Waals surface area contributed by atoms with Crippen LogP contribution in [0.25, 0.3) is 0 Å². The Hall–Kier alpha value is -1.63. The van der Waals surface area contributed by atoms with Crippen LogP contribution in [0, 0.1) is 5.92 Å². The lowest BCUT2D eigenvalue weighted by atomic mass is 9.77. The Morgan fingerprint density at radius 3 is 2.70 bits per heavy atom. The molecule has 3 rings (SSSR count). The first-order chi connectivity index (χ1) is 11.0. The highest BCUT2D eigenvalue weighted by molar-refractivity contribution is 6.09. The summed E-state index contributed by atoms with van der Waals surface area (Å²) in [6, 6.07) is -0.344. The van der Waals surface area contributed by atoms with Crippen molar-refractivity contribution in [2.75, 3.05) is 19.6 Å². The minimum Gasteiger partial charge on any atom is -0.351 e. The third-order valence-electron chi connectivity index (χ3n) is 5.34. The lowest BCUT2D eigenvalue weighted by Crippen LogP contribution is -2.51. The maximum absolute atomic E-state index is 12.7. The van der Waals surface area contributed by atoms with Gasteiger partial charge in [-0.25, -0.2) is 4.79 Å². The standard InChI is InChI=1S/C16H26N4O3/c1-11-4-6-16(7-5-11)14(22)20(15(23)19-16)10-13(21)18-12-3-2-8-17-9-12/h11-12,17H,2-10H2,1H3,(H,18,21)(H,19,23)/t11?,12-,16?/m0/s1. The molecule has 1 aliphatic carbocycles. The van der Waals surface area contributed by atoms with E-state index in [9.17, 15) is 14.4 Å². The lowest BCUT2D eigenvalue weighted by Gasteiger charge is -2.33. The predicted molar refractivity (Wildman–Crippen MR) is 84.6 cm³/mol. The summed E-state index contributed by atoms with van der Waals surface area (Å²) in [4.78, 5) is 38.1. The Balaban J connectivity index is 1.58. The van der Waals surface area contributed by atoms with E-state index in [1.165, 1.54) is 0 Å². The molecule has 0 unspecified atom stereocenters. The van der Waals surface area contributed by atoms with E-state index in [2.05, 4.69) is 22.9 Å². The van der Waals surface area contributed by atoms with Crippen molar-refractivity contribution in [2.24, 2.45) is 5.92 Å². The highest BCUT2D eigenvalue weighted by Crippen LogP contribution is 2.36. The fourth-order valence-electron chi connectivity index (χ4n) is 3.81. The molecule has 3 fully saturated rings. The van der Waals surface area contributed by atoms with E-state index in [4.69, 9.17) is 0 Å². The average molecular weight is 322 g/mol. The lowest BCUT2D eigenvalue weighted by molar-refractivity contribution is -0.136. The Bertz CT molecular complexity index is 494. The molecule has 23 heavy (non-hydrogen) atoms. The van der Waals surface area contributed by atoms with Gasteiger partial charge in [-0.1, -0.05) is 6.92 Å². The van der Waals surface area contributed by atoms with E-state index in [0.717, 1.165) is 43.7 Å². The molecule has 0 aromatic rings. The molecule has 0 bridgehead atoms. The van der Waals surface area contributed by atoms with Crippen molar-refractivity contribution < 1.29 is 14.4 Å². The molecule has 128 valence electrons. The number of rotatable bonds is 3. The van der Waals surface area contributed by atoms with E-state index in [1.54, 1.807) is 0 Å². The van der Waals surface area contributed by atoms with Crippen molar-refractivity contribution in [3.05, 3.63) is 0 Å². The van der Waals surface area contributed by atoms with Crippen LogP contribution in [-0.4, -0.2) is 54.0 Å². The number of urea groups is 1. The van der Waals surface area contributed by atoms with Crippen LogP contribution in [-0.2, 0) is 9.59 Å². The van der Waals surface area contributed by atoms with E-state index in [-0.39, 0.29) is 24.4 Å². The number of nitrogens with one attached hydrogen (secondary N) is 3. The summed E-state index contributed by atoms with van der Waals surface area (Å²) in [5, 5.41) is 8.98. The minimum absolute atomic E-state index is 0.0847. The summed E-state index contributed by atoms with van der Waals surface area (Å²) >= 11 is 0. The quantitative estimate of drug-likeness (QED) is 0.654. The van der Waals surface area contributed by atoms with Crippen LogP contribution in [0.3, 0.4) is 0 Å². The number of nitrogens with zero attached hydrogens (tertiary/aromatic N) is 1. The number of carbonyl (C=O) groups is 3. The molecule has 4 amide bonds. The third kappa shape index (κ3) is 3.34. The van der Waals surface area contributed by atoms with E-state index < -0.39 is 11.6 Å². The molecule has 7 heteroatoms. The third-order valence-corrected chi connectivity index (χ3v) is 5.34. The van der Waals surface area contributed by atoms with Crippen molar-refractivity contribution in [3.8, 4) is 0 Å². The predicted octanol–water partition coefficient (Wildman–Crippen LogP) is 0.355. The normalized spacial score (nSPS) is 34.6. The number of piperidine rings is 1.